The van der Waals surface area contributed by atoms with Crippen molar-refractivity contribution in [3.05, 3.63) is 42.1 Å². The molecule has 17 heavy (non-hydrogen) atoms. The zero-order chi connectivity index (χ0) is 12.3. The monoisotopic (exact) mass is 227 g/mol. The molecule has 0 aliphatic carbocycles. The Labute approximate surface area is 102 Å². The molecule has 1 aromatic heterocycles. The van der Waals surface area contributed by atoms with Gasteiger partial charge in [-0.1, -0.05) is 38.5 Å². The van der Waals surface area contributed by atoms with E-state index in [4.69, 9.17) is 0 Å². The van der Waals surface area contributed by atoms with Gasteiger partial charge in [0.1, 0.15) is 0 Å². The molecule has 2 heteroatoms. The minimum absolute atomic E-state index is 0.198. The van der Waals surface area contributed by atoms with Gasteiger partial charge >= 0.3 is 0 Å². The molecule has 0 saturated carbocycles. The second-order valence-electron chi connectivity index (χ2n) is 4.52. The number of nitrogens with zero attached hydrogens (tertiary/aromatic N) is 1. The van der Waals surface area contributed by atoms with Crippen LogP contribution in [-0.4, -0.2) is 10.8 Å². The van der Waals surface area contributed by atoms with E-state index in [9.17, 15) is 4.79 Å². The standard InChI is InChI=1S/C15H17NO/c1-3-11(2)10-14(17)13-8-4-6-12-7-5-9-16-15(12)13/h4-9,11H,3,10H2,1-2H3. The highest BCUT2D eigenvalue weighted by Crippen LogP contribution is 2.19. The second-order valence-corrected chi connectivity index (χ2v) is 4.52. The van der Waals surface area contributed by atoms with Gasteiger partial charge in [-0.25, -0.2) is 0 Å². The van der Waals surface area contributed by atoms with Crippen molar-refractivity contribution in [1.82, 2.24) is 4.98 Å². The number of fused-ring (bicyclic) bond motifs is 1. The van der Waals surface area contributed by atoms with Crippen LogP contribution in [0.25, 0.3) is 10.9 Å². The van der Waals surface area contributed by atoms with Gasteiger partial charge < -0.3 is 0 Å². The van der Waals surface area contributed by atoms with Gasteiger partial charge in [-0.2, -0.15) is 0 Å². The third-order valence-electron chi connectivity index (χ3n) is 3.16. The first-order chi connectivity index (χ1) is 8.22. The summed E-state index contributed by atoms with van der Waals surface area (Å²) in [5.74, 6) is 0.630. The lowest BCUT2D eigenvalue weighted by Gasteiger charge is -2.08. The van der Waals surface area contributed by atoms with Crippen LogP contribution in [0.15, 0.2) is 36.5 Å². The Morgan fingerprint density at radius 3 is 2.82 bits per heavy atom. The molecule has 2 aromatic rings. The maximum atomic E-state index is 12.2. The number of hydrogen-bond acceptors (Lipinski definition) is 2. The van der Waals surface area contributed by atoms with E-state index in [0.717, 1.165) is 22.9 Å². The fourth-order valence-corrected chi connectivity index (χ4v) is 1.90. The van der Waals surface area contributed by atoms with E-state index in [1.807, 2.05) is 30.3 Å². The van der Waals surface area contributed by atoms with Crippen molar-refractivity contribution >= 4 is 16.7 Å². The largest absolute Gasteiger partial charge is 0.294 e. The summed E-state index contributed by atoms with van der Waals surface area (Å²) in [7, 11) is 0. The number of pyridine rings is 1. The fourth-order valence-electron chi connectivity index (χ4n) is 1.90. The predicted octanol–water partition coefficient (Wildman–Crippen LogP) is 3.85. The second kappa shape index (κ2) is 5.09. The third kappa shape index (κ3) is 2.52. The van der Waals surface area contributed by atoms with E-state index >= 15 is 0 Å². The number of Topliss-reactive ketones (excluding diaryl/α,β-unsaturated/α-hetero) is 1. The topological polar surface area (TPSA) is 30.0 Å². The Balaban J connectivity index is 2.38. The fraction of sp³-hybridized carbons (Fsp3) is 0.333. The number of carbonyl (C=O) groups is 1. The Bertz CT molecular complexity index is 528. The molecule has 0 amide bonds. The van der Waals surface area contributed by atoms with Crippen LogP contribution in [0.2, 0.25) is 0 Å². The van der Waals surface area contributed by atoms with Crippen LogP contribution < -0.4 is 0 Å². The van der Waals surface area contributed by atoms with Gasteiger partial charge in [0.15, 0.2) is 5.78 Å². The van der Waals surface area contributed by atoms with Crippen LogP contribution in [0.1, 0.15) is 37.0 Å². The van der Waals surface area contributed by atoms with Gasteiger partial charge in [-0.15, -0.1) is 0 Å². The van der Waals surface area contributed by atoms with Crippen molar-refractivity contribution in [1.29, 1.82) is 0 Å². The summed E-state index contributed by atoms with van der Waals surface area (Å²) in [4.78, 5) is 16.5. The van der Waals surface area contributed by atoms with Gasteiger partial charge in [-0.3, -0.25) is 9.78 Å². The van der Waals surface area contributed by atoms with E-state index in [1.165, 1.54) is 0 Å². The Morgan fingerprint density at radius 2 is 2.06 bits per heavy atom. The smallest absolute Gasteiger partial charge is 0.165 e. The van der Waals surface area contributed by atoms with Crippen LogP contribution in [0.3, 0.4) is 0 Å². The molecule has 0 fully saturated rings. The number of carbonyl (C=O) groups excluding carboxylic acids is 1. The molecule has 0 aliphatic rings. The average Bonchev–Trinajstić information content (AvgIpc) is 2.37. The summed E-state index contributed by atoms with van der Waals surface area (Å²) < 4.78 is 0. The summed E-state index contributed by atoms with van der Waals surface area (Å²) in [6.45, 7) is 4.22. The van der Waals surface area contributed by atoms with Crippen molar-refractivity contribution in [3.8, 4) is 0 Å². The van der Waals surface area contributed by atoms with Crippen molar-refractivity contribution in [2.24, 2.45) is 5.92 Å². The lowest BCUT2D eigenvalue weighted by Crippen LogP contribution is -2.06. The van der Waals surface area contributed by atoms with E-state index in [2.05, 4.69) is 18.8 Å². The molecule has 1 unspecified atom stereocenters. The van der Waals surface area contributed by atoms with Gasteiger partial charge in [0, 0.05) is 23.6 Å². The van der Waals surface area contributed by atoms with Crippen molar-refractivity contribution in [3.63, 3.8) is 0 Å². The Kier molecular flexibility index (Phi) is 3.52. The molecule has 1 aromatic carbocycles. The first kappa shape index (κ1) is 11.8. The van der Waals surface area contributed by atoms with E-state index in [1.54, 1.807) is 6.20 Å². The minimum atomic E-state index is 0.198. The normalized spacial score (nSPS) is 12.6. The van der Waals surface area contributed by atoms with Crippen LogP contribution in [-0.2, 0) is 0 Å². The third-order valence-corrected chi connectivity index (χ3v) is 3.16. The molecular weight excluding hydrogens is 210 g/mol. The van der Waals surface area contributed by atoms with E-state index < -0.39 is 0 Å². The molecule has 2 rings (SSSR count). The van der Waals surface area contributed by atoms with Gasteiger partial charge in [0.05, 0.1) is 5.52 Å². The molecular formula is C15H17NO. The number of hydrogen-bond donors (Lipinski definition) is 0. The lowest BCUT2D eigenvalue weighted by atomic mass is 9.96. The highest BCUT2D eigenvalue weighted by molar-refractivity contribution is 6.06. The minimum Gasteiger partial charge on any atom is -0.294 e. The molecule has 1 heterocycles. The molecule has 0 aliphatic heterocycles. The van der Waals surface area contributed by atoms with Crippen LogP contribution in [0.5, 0.6) is 0 Å². The summed E-state index contributed by atoms with van der Waals surface area (Å²) >= 11 is 0. The first-order valence-electron chi connectivity index (χ1n) is 6.09. The molecule has 88 valence electrons. The lowest BCUT2D eigenvalue weighted by molar-refractivity contribution is 0.0965. The maximum absolute atomic E-state index is 12.2. The number of benzene rings is 1. The Morgan fingerprint density at radius 1 is 1.29 bits per heavy atom. The number of rotatable bonds is 4. The van der Waals surface area contributed by atoms with E-state index in [-0.39, 0.29) is 5.78 Å². The zero-order valence-corrected chi connectivity index (χ0v) is 10.3. The van der Waals surface area contributed by atoms with Gasteiger partial charge in [0.25, 0.3) is 0 Å². The van der Waals surface area contributed by atoms with Crippen LogP contribution in [0.4, 0.5) is 0 Å². The highest BCUT2D eigenvalue weighted by atomic mass is 16.1. The number of aromatic nitrogens is 1. The summed E-state index contributed by atoms with van der Waals surface area (Å²) in [6.07, 6.45) is 3.37. The van der Waals surface area contributed by atoms with Crippen molar-refractivity contribution < 1.29 is 4.79 Å². The predicted molar refractivity (Wildman–Crippen MR) is 70.1 cm³/mol. The highest BCUT2D eigenvalue weighted by Gasteiger charge is 2.13. The summed E-state index contributed by atoms with van der Waals surface area (Å²) in [5, 5.41) is 1.03. The molecule has 0 saturated heterocycles. The SMILES string of the molecule is CCC(C)CC(=O)c1cccc2cccnc12. The molecule has 0 radical (unpaired) electrons. The van der Waals surface area contributed by atoms with Crippen molar-refractivity contribution in [2.75, 3.05) is 0 Å². The van der Waals surface area contributed by atoms with Crippen molar-refractivity contribution in [2.45, 2.75) is 26.7 Å². The molecule has 1 atom stereocenters. The number of ketones is 1. The van der Waals surface area contributed by atoms with Crippen LogP contribution >= 0.6 is 0 Å². The average molecular weight is 227 g/mol. The molecule has 2 nitrogen and oxygen atoms in total. The maximum Gasteiger partial charge on any atom is 0.165 e. The van der Waals surface area contributed by atoms with Gasteiger partial charge in [-0.05, 0) is 18.1 Å². The quantitative estimate of drug-likeness (QED) is 0.742. The molecule has 0 N–H and O–H groups in total. The molecule has 0 spiro atoms. The number of para-hydroxylation sites is 1. The molecule has 0 bridgehead atoms. The summed E-state index contributed by atoms with van der Waals surface area (Å²) in [5.41, 5.74) is 1.58. The summed E-state index contributed by atoms with van der Waals surface area (Å²) in [6, 6.07) is 9.67. The van der Waals surface area contributed by atoms with E-state index in [0.29, 0.717) is 12.3 Å². The Hall–Kier alpha value is -1.70. The van der Waals surface area contributed by atoms with Crippen LogP contribution in [0, 0.1) is 5.92 Å². The van der Waals surface area contributed by atoms with Gasteiger partial charge in [0.2, 0.25) is 0 Å². The zero-order valence-electron chi connectivity index (χ0n) is 10.3. The first-order valence-corrected chi connectivity index (χ1v) is 6.09.